The van der Waals surface area contributed by atoms with Gasteiger partial charge in [-0.15, -0.1) is 0 Å². The number of nitrogens with one attached hydrogen (secondary N) is 1. The van der Waals surface area contributed by atoms with Crippen LogP contribution < -0.4 is 5.32 Å². The van der Waals surface area contributed by atoms with Crippen LogP contribution in [-0.4, -0.2) is 27.3 Å². The quantitative estimate of drug-likeness (QED) is 0.567. The second-order valence-corrected chi connectivity index (χ2v) is 4.00. The van der Waals surface area contributed by atoms with Crippen LogP contribution in [-0.2, 0) is 4.79 Å². The molecule has 76 valence electrons. The fourth-order valence-electron chi connectivity index (χ4n) is 0.498. The minimum Gasteiger partial charge on any atom is -0.478 e. The van der Waals surface area contributed by atoms with E-state index < -0.39 is 17.1 Å². The van der Waals surface area contributed by atoms with Crippen molar-refractivity contribution in [2.75, 3.05) is 0 Å². The molecule has 0 aromatic carbocycles. The highest BCUT2D eigenvalue weighted by Gasteiger charge is 2.33. The first kappa shape index (κ1) is 12.0. The van der Waals surface area contributed by atoms with Crippen molar-refractivity contribution >= 4 is 5.97 Å². The van der Waals surface area contributed by atoms with Crippen molar-refractivity contribution in [3.8, 4) is 0 Å². The van der Waals surface area contributed by atoms with Gasteiger partial charge < -0.3 is 15.5 Å². The van der Waals surface area contributed by atoms with Crippen molar-refractivity contribution in [3.63, 3.8) is 0 Å². The van der Waals surface area contributed by atoms with Crippen molar-refractivity contribution in [1.29, 1.82) is 0 Å². The maximum atomic E-state index is 10.1. The summed E-state index contributed by atoms with van der Waals surface area (Å²) in [5, 5.41) is 20.8. The first-order valence-electron chi connectivity index (χ1n) is 4.06. The number of hydrogen-bond donors (Lipinski definition) is 3. The van der Waals surface area contributed by atoms with Crippen LogP contribution in [0.3, 0.4) is 0 Å². The molecule has 0 aliphatic heterocycles. The van der Waals surface area contributed by atoms with Gasteiger partial charge in [-0.3, -0.25) is 0 Å². The average molecular weight is 187 g/mol. The molecule has 4 heteroatoms. The van der Waals surface area contributed by atoms with E-state index >= 15 is 0 Å². The SMILES string of the molecule is CC(C)(O)C(C)(C)N/C=C/C(=O)O. The van der Waals surface area contributed by atoms with Crippen LogP contribution >= 0.6 is 0 Å². The first-order valence-corrected chi connectivity index (χ1v) is 4.06. The smallest absolute Gasteiger partial charge is 0.329 e. The summed E-state index contributed by atoms with van der Waals surface area (Å²) in [6, 6.07) is 0. The van der Waals surface area contributed by atoms with E-state index in [9.17, 15) is 9.90 Å². The molecule has 0 bridgehead atoms. The Labute approximate surface area is 78.3 Å². The Morgan fingerprint density at radius 1 is 1.31 bits per heavy atom. The van der Waals surface area contributed by atoms with E-state index in [0.29, 0.717) is 0 Å². The Hall–Kier alpha value is -1.03. The van der Waals surface area contributed by atoms with Crippen LogP contribution in [0.2, 0.25) is 0 Å². The van der Waals surface area contributed by atoms with Gasteiger partial charge >= 0.3 is 5.97 Å². The molecule has 0 saturated heterocycles. The monoisotopic (exact) mass is 187 g/mol. The van der Waals surface area contributed by atoms with Crippen LogP contribution in [0, 0.1) is 0 Å². The number of aliphatic carboxylic acids is 1. The van der Waals surface area contributed by atoms with Gasteiger partial charge in [0.15, 0.2) is 0 Å². The maximum absolute atomic E-state index is 10.1. The molecule has 0 radical (unpaired) electrons. The molecule has 0 atom stereocenters. The molecular formula is C9H17NO3. The summed E-state index contributed by atoms with van der Waals surface area (Å²) < 4.78 is 0. The van der Waals surface area contributed by atoms with E-state index in [2.05, 4.69) is 5.32 Å². The van der Waals surface area contributed by atoms with Gasteiger partial charge in [-0.25, -0.2) is 4.79 Å². The van der Waals surface area contributed by atoms with E-state index in [4.69, 9.17) is 5.11 Å². The summed E-state index contributed by atoms with van der Waals surface area (Å²) in [7, 11) is 0. The molecule has 0 aliphatic rings. The van der Waals surface area contributed by atoms with Crippen LogP contribution in [0.25, 0.3) is 0 Å². The standard InChI is InChI=1S/C9H17NO3/c1-8(2,9(3,4)13)10-6-5-7(11)12/h5-6,10,13H,1-4H3,(H,11,12)/b6-5+. The predicted octanol–water partition coefficient (Wildman–Crippen LogP) is 0.724. The Kier molecular flexibility index (Phi) is 3.49. The summed E-state index contributed by atoms with van der Waals surface area (Å²) in [4.78, 5) is 10.1. The van der Waals surface area contributed by atoms with E-state index in [0.717, 1.165) is 6.08 Å². The Morgan fingerprint density at radius 2 is 1.77 bits per heavy atom. The second kappa shape index (κ2) is 3.79. The summed E-state index contributed by atoms with van der Waals surface area (Å²) >= 11 is 0. The van der Waals surface area contributed by atoms with Crippen LogP contribution in [0.15, 0.2) is 12.3 Å². The van der Waals surface area contributed by atoms with Crippen molar-refractivity contribution in [1.82, 2.24) is 5.32 Å². The van der Waals surface area contributed by atoms with Crippen molar-refractivity contribution in [3.05, 3.63) is 12.3 Å². The molecular weight excluding hydrogens is 170 g/mol. The largest absolute Gasteiger partial charge is 0.478 e. The maximum Gasteiger partial charge on any atom is 0.329 e. The fraction of sp³-hybridized carbons (Fsp3) is 0.667. The van der Waals surface area contributed by atoms with Crippen LogP contribution in [0.1, 0.15) is 27.7 Å². The van der Waals surface area contributed by atoms with Gasteiger partial charge in [-0.1, -0.05) is 0 Å². The van der Waals surface area contributed by atoms with Gasteiger partial charge in [-0.05, 0) is 27.7 Å². The minimum absolute atomic E-state index is 0.570. The lowest BCUT2D eigenvalue weighted by molar-refractivity contribution is -0.131. The zero-order valence-electron chi connectivity index (χ0n) is 8.46. The van der Waals surface area contributed by atoms with Gasteiger partial charge in [0.2, 0.25) is 0 Å². The predicted molar refractivity (Wildman–Crippen MR) is 50.3 cm³/mol. The molecule has 0 amide bonds. The number of aliphatic hydroxyl groups is 1. The average Bonchev–Trinajstić information content (AvgIpc) is 1.82. The summed E-state index contributed by atoms with van der Waals surface area (Å²) in [6.45, 7) is 6.90. The second-order valence-electron chi connectivity index (χ2n) is 4.00. The normalized spacial score (nSPS) is 13.3. The van der Waals surface area contributed by atoms with Crippen molar-refractivity contribution < 1.29 is 15.0 Å². The molecule has 0 heterocycles. The fourth-order valence-corrected chi connectivity index (χ4v) is 0.498. The minimum atomic E-state index is -1.01. The Morgan fingerprint density at radius 3 is 2.08 bits per heavy atom. The summed E-state index contributed by atoms with van der Waals surface area (Å²) in [6.07, 6.45) is 2.31. The number of hydrogen-bond acceptors (Lipinski definition) is 3. The first-order chi connectivity index (χ1) is 5.67. The van der Waals surface area contributed by atoms with Gasteiger partial charge in [0.1, 0.15) is 0 Å². The van der Waals surface area contributed by atoms with E-state index in [1.54, 1.807) is 27.7 Å². The summed E-state index contributed by atoms with van der Waals surface area (Å²) in [5.41, 5.74) is -1.49. The molecule has 0 fully saturated rings. The van der Waals surface area contributed by atoms with E-state index in [-0.39, 0.29) is 0 Å². The van der Waals surface area contributed by atoms with Crippen molar-refractivity contribution in [2.45, 2.75) is 38.8 Å². The van der Waals surface area contributed by atoms with Gasteiger partial charge in [0.05, 0.1) is 11.1 Å². The Balaban J connectivity index is 4.27. The Bertz CT molecular complexity index is 213. The molecule has 0 unspecified atom stereocenters. The lowest BCUT2D eigenvalue weighted by Crippen LogP contribution is -2.53. The molecule has 0 rings (SSSR count). The van der Waals surface area contributed by atoms with E-state index in [1.807, 2.05) is 0 Å². The third-order valence-electron chi connectivity index (χ3n) is 2.20. The zero-order chi connectivity index (χ0) is 10.7. The van der Waals surface area contributed by atoms with E-state index in [1.165, 1.54) is 6.20 Å². The van der Waals surface area contributed by atoms with Crippen molar-refractivity contribution in [2.24, 2.45) is 0 Å². The number of rotatable bonds is 4. The van der Waals surface area contributed by atoms with Crippen LogP contribution in [0.4, 0.5) is 0 Å². The molecule has 0 aromatic rings. The van der Waals surface area contributed by atoms with Gasteiger partial charge in [-0.2, -0.15) is 0 Å². The molecule has 4 nitrogen and oxygen atoms in total. The third-order valence-corrected chi connectivity index (χ3v) is 2.20. The molecule has 0 saturated carbocycles. The highest BCUT2D eigenvalue weighted by atomic mass is 16.4. The number of carboxylic acid groups (broad SMARTS) is 1. The summed E-state index contributed by atoms with van der Waals surface area (Å²) in [5.74, 6) is -1.01. The number of carboxylic acids is 1. The highest BCUT2D eigenvalue weighted by molar-refractivity contribution is 5.79. The molecule has 0 aromatic heterocycles. The molecule has 13 heavy (non-hydrogen) atoms. The van der Waals surface area contributed by atoms with Gasteiger partial charge in [0.25, 0.3) is 0 Å². The van der Waals surface area contributed by atoms with Crippen LogP contribution in [0.5, 0.6) is 0 Å². The molecule has 0 aliphatic carbocycles. The number of carbonyl (C=O) groups is 1. The topological polar surface area (TPSA) is 69.6 Å². The molecule has 0 spiro atoms. The highest BCUT2D eigenvalue weighted by Crippen LogP contribution is 2.20. The lowest BCUT2D eigenvalue weighted by atomic mass is 9.86. The van der Waals surface area contributed by atoms with Gasteiger partial charge in [0, 0.05) is 12.3 Å². The zero-order valence-corrected chi connectivity index (χ0v) is 8.46. The third kappa shape index (κ3) is 3.94. The molecule has 3 N–H and O–H groups in total. The lowest BCUT2D eigenvalue weighted by Gasteiger charge is -2.37.